The van der Waals surface area contributed by atoms with E-state index in [2.05, 4.69) is 21.2 Å². The molecule has 0 radical (unpaired) electrons. The lowest BCUT2D eigenvalue weighted by molar-refractivity contribution is 0.118. The Bertz CT molecular complexity index is 320. The Morgan fingerprint density at radius 3 is 2.93 bits per heavy atom. The number of hydrogen-bond acceptors (Lipinski definition) is 4. The predicted molar refractivity (Wildman–Crippen MR) is 58.5 cm³/mol. The SMILES string of the molecule is OC[C@@]1(NCc2ccc(Br)o2)CCOC1. The molecule has 1 atom stereocenters. The highest BCUT2D eigenvalue weighted by Gasteiger charge is 2.33. The van der Waals surface area contributed by atoms with E-state index in [1.54, 1.807) is 0 Å². The van der Waals surface area contributed by atoms with Crippen LogP contribution in [0.3, 0.4) is 0 Å². The standard InChI is InChI=1S/C10H14BrNO3/c11-9-2-1-8(15-9)5-12-10(6-13)3-4-14-7-10/h1-2,12-13H,3-7H2/t10-/m0/s1. The molecule has 0 spiro atoms. The van der Waals surface area contributed by atoms with E-state index in [-0.39, 0.29) is 12.1 Å². The minimum Gasteiger partial charge on any atom is -0.453 e. The smallest absolute Gasteiger partial charge is 0.169 e. The van der Waals surface area contributed by atoms with E-state index >= 15 is 0 Å². The lowest BCUT2D eigenvalue weighted by Gasteiger charge is -2.25. The van der Waals surface area contributed by atoms with Crippen LogP contribution in [-0.2, 0) is 11.3 Å². The Balaban J connectivity index is 1.91. The number of ether oxygens (including phenoxy) is 1. The van der Waals surface area contributed by atoms with Crippen molar-refractivity contribution < 1.29 is 14.3 Å². The third kappa shape index (κ3) is 2.60. The van der Waals surface area contributed by atoms with E-state index < -0.39 is 0 Å². The number of nitrogens with one attached hydrogen (secondary N) is 1. The third-order valence-electron chi connectivity index (χ3n) is 2.67. The van der Waals surface area contributed by atoms with Crippen molar-refractivity contribution in [2.24, 2.45) is 0 Å². The first-order chi connectivity index (χ1) is 7.24. The summed E-state index contributed by atoms with van der Waals surface area (Å²) in [6, 6.07) is 3.76. The zero-order chi connectivity index (χ0) is 10.7. The van der Waals surface area contributed by atoms with Crippen molar-refractivity contribution in [3.63, 3.8) is 0 Å². The van der Waals surface area contributed by atoms with Gasteiger partial charge in [-0.1, -0.05) is 0 Å². The van der Waals surface area contributed by atoms with Crippen molar-refractivity contribution >= 4 is 15.9 Å². The summed E-state index contributed by atoms with van der Waals surface area (Å²) >= 11 is 3.25. The van der Waals surface area contributed by atoms with Gasteiger partial charge in [-0.3, -0.25) is 0 Å². The van der Waals surface area contributed by atoms with Gasteiger partial charge in [-0.25, -0.2) is 0 Å². The van der Waals surface area contributed by atoms with Crippen LogP contribution in [0.4, 0.5) is 0 Å². The van der Waals surface area contributed by atoms with Crippen LogP contribution >= 0.6 is 15.9 Å². The number of rotatable bonds is 4. The summed E-state index contributed by atoms with van der Waals surface area (Å²) in [6.45, 7) is 1.96. The fraction of sp³-hybridized carbons (Fsp3) is 0.600. The second-order valence-corrected chi connectivity index (χ2v) is 4.58. The highest BCUT2D eigenvalue weighted by Crippen LogP contribution is 2.20. The Morgan fingerprint density at radius 2 is 2.40 bits per heavy atom. The van der Waals surface area contributed by atoms with Crippen LogP contribution < -0.4 is 5.32 Å². The van der Waals surface area contributed by atoms with Crippen LogP contribution in [0.25, 0.3) is 0 Å². The van der Waals surface area contributed by atoms with E-state index in [1.165, 1.54) is 0 Å². The van der Waals surface area contributed by atoms with Crippen molar-refractivity contribution in [2.45, 2.75) is 18.5 Å². The molecule has 1 aromatic heterocycles. The predicted octanol–water partition coefficient (Wildman–Crippen LogP) is 1.28. The van der Waals surface area contributed by atoms with Crippen molar-refractivity contribution in [2.75, 3.05) is 19.8 Å². The van der Waals surface area contributed by atoms with Gasteiger partial charge in [0, 0.05) is 6.61 Å². The summed E-state index contributed by atoms with van der Waals surface area (Å²) in [7, 11) is 0. The van der Waals surface area contributed by atoms with E-state index in [0.717, 1.165) is 16.9 Å². The molecule has 1 aliphatic rings. The van der Waals surface area contributed by atoms with Gasteiger partial charge in [0.2, 0.25) is 0 Å². The van der Waals surface area contributed by atoms with E-state index in [0.29, 0.717) is 19.8 Å². The van der Waals surface area contributed by atoms with Crippen molar-refractivity contribution in [1.82, 2.24) is 5.32 Å². The Morgan fingerprint density at radius 1 is 1.53 bits per heavy atom. The quantitative estimate of drug-likeness (QED) is 0.870. The second-order valence-electron chi connectivity index (χ2n) is 3.80. The minimum atomic E-state index is -0.292. The number of halogens is 1. The average molecular weight is 276 g/mol. The average Bonchev–Trinajstić information content (AvgIpc) is 2.85. The molecule has 0 saturated carbocycles. The lowest BCUT2D eigenvalue weighted by atomic mass is 10.0. The molecule has 0 unspecified atom stereocenters. The molecule has 1 saturated heterocycles. The maximum atomic E-state index is 9.32. The van der Waals surface area contributed by atoms with E-state index in [1.807, 2.05) is 12.1 Å². The maximum absolute atomic E-state index is 9.32. The summed E-state index contributed by atoms with van der Waals surface area (Å²) in [5.74, 6) is 0.849. The van der Waals surface area contributed by atoms with Gasteiger partial charge in [-0.2, -0.15) is 0 Å². The largest absolute Gasteiger partial charge is 0.453 e. The van der Waals surface area contributed by atoms with E-state index in [4.69, 9.17) is 9.15 Å². The van der Waals surface area contributed by atoms with Gasteiger partial charge in [0.25, 0.3) is 0 Å². The summed E-state index contributed by atoms with van der Waals surface area (Å²) < 4.78 is 11.4. The zero-order valence-corrected chi connectivity index (χ0v) is 9.92. The van der Waals surface area contributed by atoms with Gasteiger partial charge in [-0.15, -0.1) is 0 Å². The molecular formula is C10H14BrNO3. The topological polar surface area (TPSA) is 54.6 Å². The molecule has 84 valence electrons. The third-order valence-corrected chi connectivity index (χ3v) is 3.10. The molecule has 1 aliphatic heterocycles. The minimum absolute atomic E-state index is 0.0921. The molecular weight excluding hydrogens is 262 g/mol. The molecule has 1 fully saturated rings. The summed E-state index contributed by atoms with van der Waals surface area (Å²) in [5.41, 5.74) is -0.292. The molecule has 0 aliphatic carbocycles. The van der Waals surface area contributed by atoms with Gasteiger partial charge < -0.3 is 19.6 Å². The van der Waals surface area contributed by atoms with Gasteiger partial charge in [0.05, 0.1) is 25.3 Å². The van der Waals surface area contributed by atoms with Gasteiger partial charge in [0.1, 0.15) is 5.76 Å². The highest BCUT2D eigenvalue weighted by atomic mass is 79.9. The van der Waals surface area contributed by atoms with Crippen LogP contribution in [-0.4, -0.2) is 30.5 Å². The van der Waals surface area contributed by atoms with Crippen molar-refractivity contribution in [3.05, 3.63) is 22.6 Å². The zero-order valence-electron chi connectivity index (χ0n) is 8.33. The van der Waals surface area contributed by atoms with E-state index in [9.17, 15) is 5.11 Å². The van der Waals surface area contributed by atoms with Crippen molar-refractivity contribution in [1.29, 1.82) is 0 Å². The first-order valence-electron chi connectivity index (χ1n) is 4.92. The Kier molecular flexibility index (Phi) is 3.45. The van der Waals surface area contributed by atoms with Gasteiger partial charge in [-0.05, 0) is 34.5 Å². The Labute approximate surface area is 96.7 Å². The van der Waals surface area contributed by atoms with Crippen LogP contribution in [0.1, 0.15) is 12.2 Å². The molecule has 0 bridgehead atoms. The molecule has 4 nitrogen and oxygen atoms in total. The fourth-order valence-electron chi connectivity index (χ4n) is 1.65. The molecule has 0 amide bonds. The molecule has 1 aromatic rings. The van der Waals surface area contributed by atoms with Crippen LogP contribution in [0.15, 0.2) is 21.2 Å². The number of hydrogen-bond donors (Lipinski definition) is 2. The summed E-state index contributed by atoms with van der Waals surface area (Å²) in [6.07, 6.45) is 0.839. The van der Waals surface area contributed by atoms with Gasteiger partial charge >= 0.3 is 0 Å². The maximum Gasteiger partial charge on any atom is 0.169 e. The molecule has 15 heavy (non-hydrogen) atoms. The van der Waals surface area contributed by atoms with Crippen molar-refractivity contribution in [3.8, 4) is 0 Å². The first-order valence-corrected chi connectivity index (χ1v) is 5.71. The van der Waals surface area contributed by atoms with Crippen LogP contribution in [0, 0.1) is 0 Å². The summed E-state index contributed by atoms with van der Waals surface area (Å²) in [4.78, 5) is 0. The second kappa shape index (κ2) is 4.65. The molecule has 0 aromatic carbocycles. The molecule has 2 heterocycles. The van der Waals surface area contributed by atoms with Crippen LogP contribution in [0.5, 0.6) is 0 Å². The molecule has 5 heteroatoms. The monoisotopic (exact) mass is 275 g/mol. The first kappa shape index (κ1) is 11.1. The summed E-state index contributed by atoms with van der Waals surface area (Å²) in [5, 5.41) is 12.6. The van der Waals surface area contributed by atoms with Crippen LogP contribution in [0.2, 0.25) is 0 Å². The molecule has 2 N–H and O–H groups in total. The number of aliphatic hydroxyl groups excluding tert-OH is 1. The number of furan rings is 1. The molecule has 2 rings (SSSR count). The number of aliphatic hydroxyl groups is 1. The normalized spacial score (nSPS) is 26.0. The highest BCUT2D eigenvalue weighted by molar-refractivity contribution is 9.10. The van der Waals surface area contributed by atoms with Gasteiger partial charge in [0.15, 0.2) is 4.67 Å². The fourth-order valence-corrected chi connectivity index (χ4v) is 1.99. The lowest BCUT2D eigenvalue weighted by Crippen LogP contribution is -2.48. The Hall–Kier alpha value is -0.360.